The van der Waals surface area contributed by atoms with Crippen molar-refractivity contribution in [3.8, 4) is 0 Å². The summed E-state index contributed by atoms with van der Waals surface area (Å²) in [6.07, 6.45) is 0. The van der Waals surface area contributed by atoms with E-state index in [2.05, 4.69) is 18.9 Å². The molecule has 0 saturated heterocycles. The molecule has 2 aromatic rings. The third-order valence-corrected chi connectivity index (χ3v) is 5.70. The Morgan fingerprint density at radius 1 is 0.514 bits per heavy atom. The van der Waals surface area contributed by atoms with Gasteiger partial charge in [0.2, 0.25) is 0 Å². The molecule has 196 valence electrons. The fourth-order valence-corrected chi connectivity index (χ4v) is 3.51. The summed E-state index contributed by atoms with van der Waals surface area (Å²) in [5.41, 5.74) is -0.908. The molecule has 17 heteroatoms. The summed E-state index contributed by atoms with van der Waals surface area (Å²) in [6, 6.07) is 5.49. The second kappa shape index (κ2) is 14.4. The molecular weight excluding hydrogens is 568 g/mol. The first-order valence-corrected chi connectivity index (χ1v) is 12.0. The Kier molecular flexibility index (Phi) is 13.4. The largest absolute Gasteiger partial charge is 2.00 e. The van der Waals surface area contributed by atoms with E-state index in [1.807, 2.05) is 0 Å². The van der Waals surface area contributed by atoms with Crippen LogP contribution in [0.15, 0.2) is 46.2 Å². The average Bonchev–Trinajstić information content (AvgIpc) is 2.85. The van der Waals surface area contributed by atoms with Crippen molar-refractivity contribution >= 4 is 81.9 Å². The van der Waals surface area contributed by atoms with Crippen LogP contribution in [0.5, 0.6) is 0 Å². The van der Waals surface area contributed by atoms with Crippen LogP contribution >= 0.6 is 0 Å². The van der Waals surface area contributed by atoms with Gasteiger partial charge >= 0.3 is 61.6 Å². The molecule has 0 spiro atoms. The maximum Gasteiger partial charge on any atom is 2.00 e. The maximum absolute atomic E-state index is 11.3. The zero-order valence-electron chi connectivity index (χ0n) is 19.7. The topological polar surface area (TPSA) is 220 Å². The van der Waals surface area contributed by atoms with Crippen LogP contribution in [-0.2, 0) is 39.2 Å². The maximum atomic E-state index is 11.3. The molecular formula is C20H18CaO14S2. The first kappa shape index (κ1) is 34.4. The van der Waals surface area contributed by atoms with Crippen LogP contribution in [-0.4, -0.2) is 116 Å². The molecule has 0 aliphatic carbocycles. The van der Waals surface area contributed by atoms with Crippen molar-refractivity contribution in [1.82, 2.24) is 0 Å². The minimum absolute atomic E-state index is 0. The second-order valence-corrected chi connectivity index (χ2v) is 9.13. The smallest absolute Gasteiger partial charge is 0.744 e. The number of rotatable bonds is 6. The molecule has 14 nitrogen and oxygen atoms in total. The first-order chi connectivity index (χ1) is 16.6. The molecule has 0 fully saturated rings. The third kappa shape index (κ3) is 9.99. The zero-order chi connectivity index (χ0) is 27.8. The molecule has 0 atom stereocenters. The van der Waals surface area contributed by atoms with Gasteiger partial charge < -0.3 is 28.1 Å². The van der Waals surface area contributed by atoms with Crippen molar-refractivity contribution in [2.45, 2.75) is 9.79 Å². The molecule has 0 aliphatic rings. The molecule has 2 rings (SSSR count). The summed E-state index contributed by atoms with van der Waals surface area (Å²) in [7, 11) is -5.27. The van der Waals surface area contributed by atoms with E-state index in [4.69, 9.17) is 0 Å². The van der Waals surface area contributed by atoms with E-state index in [-0.39, 0.29) is 60.0 Å². The van der Waals surface area contributed by atoms with Crippen LogP contribution < -0.4 is 0 Å². The number of carbonyl (C=O) groups excluding carboxylic acids is 4. The monoisotopic (exact) mass is 586 g/mol. The van der Waals surface area contributed by atoms with E-state index in [1.165, 1.54) is 0 Å². The van der Waals surface area contributed by atoms with Gasteiger partial charge in [-0.05, 0) is 36.4 Å². The van der Waals surface area contributed by atoms with Gasteiger partial charge in [-0.25, -0.2) is 36.0 Å². The number of carbonyl (C=O) groups is 4. The van der Waals surface area contributed by atoms with Gasteiger partial charge in [-0.1, -0.05) is 0 Å². The molecule has 0 bridgehead atoms. The molecule has 0 N–H and O–H groups in total. The van der Waals surface area contributed by atoms with Gasteiger partial charge in [0.05, 0.1) is 60.5 Å². The van der Waals surface area contributed by atoms with E-state index >= 15 is 0 Å². The van der Waals surface area contributed by atoms with E-state index in [9.17, 15) is 45.1 Å². The van der Waals surface area contributed by atoms with E-state index < -0.39 is 53.9 Å². The Balaban J connectivity index is 0.000000682. The Morgan fingerprint density at radius 2 is 0.703 bits per heavy atom. The summed E-state index contributed by atoms with van der Waals surface area (Å²) in [5, 5.41) is 0. The molecule has 0 aromatic heterocycles. The van der Waals surface area contributed by atoms with Crippen LogP contribution in [0.25, 0.3) is 0 Å². The van der Waals surface area contributed by atoms with E-state index in [0.717, 1.165) is 64.8 Å². The Bertz CT molecular complexity index is 1220. The van der Waals surface area contributed by atoms with Crippen LogP contribution in [0.2, 0.25) is 0 Å². The van der Waals surface area contributed by atoms with Crippen LogP contribution in [0.4, 0.5) is 0 Å². The van der Waals surface area contributed by atoms with Gasteiger partial charge in [-0.15, -0.1) is 0 Å². The Morgan fingerprint density at radius 3 is 0.838 bits per heavy atom. The van der Waals surface area contributed by atoms with Crippen LogP contribution in [0.3, 0.4) is 0 Å². The fraction of sp³-hybridized carbons (Fsp3) is 0.200. The van der Waals surface area contributed by atoms with Crippen LogP contribution in [0.1, 0.15) is 41.4 Å². The zero-order valence-corrected chi connectivity index (χ0v) is 23.5. The van der Waals surface area contributed by atoms with Gasteiger partial charge in [0, 0.05) is 0 Å². The number of benzene rings is 2. The molecule has 2 aromatic carbocycles. The average molecular weight is 587 g/mol. The number of esters is 4. The van der Waals surface area contributed by atoms with Gasteiger partial charge in [-0.2, -0.15) is 0 Å². The number of hydrogen-bond acceptors (Lipinski definition) is 14. The third-order valence-electron chi connectivity index (χ3n) is 4.07. The van der Waals surface area contributed by atoms with Crippen molar-refractivity contribution in [1.29, 1.82) is 0 Å². The second-order valence-electron chi connectivity index (χ2n) is 6.37. The van der Waals surface area contributed by atoms with Crippen molar-refractivity contribution in [3.63, 3.8) is 0 Å². The molecule has 0 amide bonds. The number of ether oxygens (including phenoxy) is 4. The summed E-state index contributed by atoms with van der Waals surface area (Å²) < 4.78 is 82.9. The predicted octanol–water partition coefficient (Wildman–Crippen LogP) is -0.0530. The standard InChI is InChI=1S/2C10H10O7S.Ca/c2*1-16-9(11)6-3-7(10(12)17-2)5-8(4-6)18(13,14)15;/h2*3-5H,1-2H3,(H,13,14,15);/q;;+2/p-2. The minimum atomic E-state index is -4.80. The van der Waals surface area contributed by atoms with Gasteiger partial charge in [-0.3, -0.25) is 0 Å². The van der Waals surface area contributed by atoms with Gasteiger partial charge in [0.25, 0.3) is 0 Å². The van der Waals surface area contributed by atoms with Crippen LogP contribution in [0, 0.1) is 0 Å². The normalized spacial score (nSPS) is 10.5. The van der Waals surface area contributed by atoms with Crippen molar-refractivity contribution in [2.24, 2.45) is 0 Å². The van der Waals surface area contributed by atoms with Crippen molar-refractivity contribution in [3.05, 3.63) is 58.7 Å². The summed E-state index contributed by atoms with van der Waals surface area (Å²) in [5.74, 6) is -3.48. The fourth-order valence-electron chi connectivity index (χ4n) is 2.43. The summed E-state index contributed by atoms with van der Waals surface area (Å²) in [6.45, 7) is 0. The van der Waals surface area contributed by atoms with Crippen molar-refractivity contribution in [2.75, 3.05) is 28.4 Å². The van der Waals surface area contributed by atoms with Gasteiger partial charge in [0.15, 0.2) is 0 Å². The molecule has 0 heterocycles. The van der Waals surface area contributed by atoms with Gasteiger partial charge in [0.1, 0.15) is 20.2 Å². The first-order valence-electron chi connectivity index (χ1n) is 9.14. The summed E-state index contributed by atoms with van der Waals surface area (Å²) >= 11 is 0. The quantitative estimate of drug-likeness (QED) is 0.187. The molecule has 0 unspecified atom stereocenters. The van der Waals surface area contributed by atoms with E-state index in [1.54, 1.807) is 0 Å². The van der Waals surface area contributed by atoms with Crippen molar-refractivity contribution < 1.29 is 64.1 Å². The predicted molar refractivity (Wildman–Crippen MR) is 120 cm³/mol. The SMILES string of the molecule is COC(=O)c1cc(C(=O)OC)cc(S(=O)(=O)[O-])c1.COC(=O)c1cc(C(=O)OC)cc(S(=O)(=O)[O-])c1.[Ca+2]. The molecule has 0 radical (unpaired) electrons. The molecule has 37 heavy (non-hydrogen) atoms. The number of methoxy groups -OCH3 is 4. The van der Waals surface area contributed by atoms with E-state index in [0.29, 0.717) is 0 Å². The molecule has 0 saturated carbocycles. The number of hydrogen-bond donors (Lipinski definition) is 0. The molecule has 0 aliphatic heterocycles. The minimum Gasteiger partial charge on any atom is -0.744 e. The summed E-state index contributed by atoms with van der Waals surface area (Å²) in [4.78, 5) is 43.7. The Hall–Kier alpha value is -2.60. The Labute approximate surface area is 241 Å².